The minimum Gasteiger partial charge on any atom is -0.311 e. The van der Waals surface area contributed by atoms with E-state index in [1.54, 1.807) is 35.4 Å². The molecule has 2 aromatic heterocycles. The van der Waals surface area contributed by atoms with Gasteiger partial charge in [-0.2, -0.15) is 11.8 Å². The van der Waals surface area contributed by atoms with Gasteiger partial charge in [0.1, 0.15) is 5.82 Å². The van der Waals surface area contributed by atoms with E-state index < -0.39 is 0 Å². The number of pyridine rings is 1. The van der Waals surface area contributed by atoms with E-state index in [9.17, 15) is 4.79 Å². The van der Waals surface area contributed by atoms with E-state index in [2.05, 4.69) is 20.7 Å². The number of anilines is 1. The quantitative estimate of drug-likeness (QED) is 0.831. The van der Waals surface area contributed by atoms with Crippen LogP contribution in [-0.4, -0.2) is 21.6 Å². The van der Waals surface area contributed by atoms with Crippen LogP contribution in [0.1, 0.15) is 17.1 Å². The number of rotatable bonds is 6. The van der Waals surface area contributed by atoms with Crippen LogP contribution in [-0.2, 0) is 10.5 Å². The molecule has 6 heteroatoms. The molecular weight excluding hydrogens is 278 g/mol. The number of nitrogens with zero attached hydrogens (tertiary/aromatic N) is 2. The SMILES string of the molecule is Cc1nc(CSCCC(=O)Nc2ccccn2)cs1. The average Bonchev–Trinajstić information content (AvgIpc) is 2.82. The van der Waals surface area contributed by atoms with E-state index in [-0.39, 0.29) is 5.91 Å². The van der Waals surface area contributed by atoms with Crippen LogP contribution in [0, 0.1) is 6.92 Å². The molecule has 0 saturated heterocycles. The number of aryl methyl sites for hydroxylation is 1. The van der Waals surface area contributed by atoms with Gasteiger partial charge in [-0.25, -0.2) is 9.97 Å². The zero-order chi connectivity index (χ0) is 13.5. The summed E-state index contributed by atoms with van der Waals surface area (Å²) < 4.78 is 0. The first-order valence-corrected chi connectivity index (χ1v) is 7.97. The second kappa shape index (κ2) is 7.25. The molecule has 2 rings (SSSR count). The van der Waals surface area contributed by atoms with E-state index in [4.69, 9.17) is 0 Å². The minimum atomic E-state index is 0.000610. The van der Waals surface area contributed by atoms with Crippen LogP contribution in [0.4, 0.5) is 5.82 Å². The van der Waals surface area contributed by atoms with E-state index in [1.165, 1.54) is 0 Å². The molecule has 0 unspecified atom stereocenters. The second-order valence-electron chi connectivity index (χ2n) is 3.92. The Morgan fingerprint density at radius 3 is 3.05 bits per heavy atom. The summed E-state index contributed by atoms with van der Waals surface area (Å²) in [5, 5.41) is 5.92. The molecule has 4 nitrogen and oxygen atoms in total. The molecule has 1 amide bonds. The van der Waals surface area contributed by atoms with Crippen molar-refractivity contribution < 1.29 is 4.79 Å². The Labute approximate surface area is 120 Å². The van der Waals surface area contributed by atoms with Crippen LogP contribution in [0.3, 0.4) is 0 Å². The molecule has 19 heavy (non-hydrogen) atoms. The molecule has 0 saturated carbocycles. The lowest BCUT2D eigenvalue weighted by Crippen LogP contribution is -2.13. The van der Waals surface area contributed by atoms with Gasteiger partial charge in [-0.3, -0.25) is 4.79 Å². The number of hydrogen-bond acceptors (Lipinski definition) is 5. The van der Waals surface area contributed by atoms with Crippen LogP contribution in [0.5, 0.6) is 0 Å². The molecule has 2 aromatic rings. The number of nitrogens with one attached hydrogen (secondary N) is 1. The molecule has 0 fully saturated rings. The fraction of sp³-hybridized carbons (Fsp3) is 0.308. The molecule has 0 bridgehead atoms. The standard InChI is InChI=1S/C13H15N3OS2/c1-10-15-11(9-19-10)8-18-7-5-13(17)16-12-4-2-3-6-14-12/h2-4,6,9H,5,7-8H2,1H3,(H,14,16,17). The van der Waals surface area contributed by atoms with Crippen LogP contribution in [0.25, 0.3) is 0 Å². The lowest BCUT2D eigenvalue weighted by atomic mass is 10.4. The van der Waals surface area contributed by atoms with E-state index >= 15 is 0 Å². The highest BCUT2D eigenvalue weighted by molar-refractivity contribution is 7.98. The van der Waals surface area contributed by atoms with Gasteiger partial charge in [0.05, 0.1) is 10.7 Å². The molecule has 2 heterocycles. The highest BCUT2D eigenvalue weighted by atomic mass is 32.2. The van der Waals surface area contributed by atoms with Crippen molar-refractivity contribution in [2.24, 2.45) is 0 Å². The molecule has 0 aliphatic heterocycles. The predicted molar refractivity (Wildman–Crippen MR) is 80.5 cm³/mol. The summed E-state index contributed by atoms with van der Waals surface area (Å²) >= 11 is 3.38. The lowest BCUT2D eigenvalue weighted by molar-refractivity contribution is -0.115. The molecule has 0 radical (unpaired) electrons. The van der Waals surface area contributed by atoms with Gasteiger partial charge in [-0.15, -0.1) is 11.3 Å². The van der Waals surface area contributed by atoms with Crippen molar-refractivity contribution >= 4 is 34.8 Å². The maximum atomic E-state index is 11.6. The molecular formula is C13H15N3OS2. The Bertz CT molecular complexity index is 528. The minimum absolute atomic E-state index is 0.000610. The van der Waals surface area contributed by atoms with Gasteiger partial charge in [0, 0.05) is 29.5 Å². The third-order valence-electron chi connectivity index (χ3n) is 2.32. The van der Waals surface area contributed by atoms with Crippen molar-refractivity contribution in [1.29, 1.82) is 0 Å². The maximum Gasteiger partial charge on any atom is 0.226 e. The number of thiazole rings is 1. The first-order chi connectivity index (χ1) is 9.24. The number of aromatic nitrogens is 2. The van der Waals surface area contributed by atoms with Crippen molar-refractivity contribution in [2.75, 3.05) is 11.1 Å². The largest absolute Gasteiger partial charge is 0.311 e. The first kappa shape index (κ1) is 14.0. The van der Waals surface area contributed by atoms with E-state index in [0.717, 1.165) is 22.2 Å². The summed E-state index contributed by atoms with van der Waals surface area (Å²) in [5.74, 6) is 2.25. The number of carbonyl (C=O) groups is 1. The smallest absolute Gasteiger partial charge is 0.226 e. The predicted octanol–water partition coefficient (Wildman–Crippen LogP) is 3.11. The zero-order valence-corrected chi connectivity index (χ0v) is 12.3. The Morgan fingerprint density at radius 2 is 2.37 bits per heavy atom. The number of thioether (sulfide) groups is 1. The molecule has 0 aromatic carbocycles. The Balaban J connectivity index is 1.64. The van der Waals surface area contributed by atoms with Crippen LogP contribution >= 0.6 is 23.1 Å². The van der Waals surface area contributed by atoms with Crippen LogP contribution in [0.15, 0.2) is 29.8 Å². The highest BCUT2D eigenvalue weighted by Crippen LogP contribution is 2.15. The number of hydrogen-bond donors (Lipinski definition) is 1. The molecule has 1 N–H and O–H groups in total. The molecule has 0 atom stereocenters. The van der Waals surface area contributed by atoms with Gasteiger partial charge in [0.15, 0.2) is 0 Å². The monoisotopic (exact) mass is 293 g/mol. The normalized spacial score (nSPS) is 10.4. The number of carbonyl (C=O) groups excluding carboxylic acids is 1. The summed E-state index contributed by atoms with van der Waals surface area (Å²) in [4.78, 5) is 20.1. The first-order valence-electron chi connectivity index (χ1n) is 5.93. The van der Waals surface area contributed by atoms with Gasteiger partial charge in [-0.05, 0) is 19.1 Å². The summed E-state index contributed by atoms with van der Waals surface area (Å²) in [6.45, 7) is 2.00. The highest BCUT2D eigenvalue weighted by Gasteiger charge is 2.04. The van der Waals surface area contributed by atoms with Crippen LogP contribution < -0.4 is 5.32 Å². The number of amides is 1. The van der Waals surface area contributed by atoms with Gasteiger partial charge < -0.3 is 5.32 Å². The fourth-order valence-corrected chi connectivity index (χ4v) is 3.01. The summed E-state index contributed by atoms with van der Waals surface area (Å²) in [6, 6.07) is 5.45. The van der Waals surface area contributed by atoms with E-state index in [0.29, 0.717) is 12.2 Å². The Hall–Kier alpha value is -1.40. The van der Waals surface area contributed by atoms with Crippen molar-refractivity contribution in [2.45, 2.75) is 19.1 Å². The summed E-state index contributed by atoms with van der Waals surface area (Å²) in [6.07, 6.45) is 2.15. The zero-order valence-electron chi connectivity index (χ0n) is 10.6. The maximum absolute atomic E-state index is 11.6. The van der Waals surface area contributed by atoms with Crippen molar-refractivity contribution in [3.8, 4) is 0 Å². The van der Waals surface area contributed by atoms with Crippen molar-refractivity contribution in [3.05, 3.63) is 40.5 Å². The molecule has 0 spiro atoms. The topological polar surface area (TPSA) is 54.9 Å². The van der Waals surface area contributed by atoms with Crippen LogP contribution in [0.2, 0.25) is 0 Å². The van der Waals surface area contributed by atoms with E-state index in [1.807, 2.05) is 19.1 Å². The Kier molecular flexibility index (Phi) is 5.35. The average molecular weight is 293 g/mol. The summed E-state index contributed by atoms with van der Waals surface area (Å²) in [7, 11) is 0. The third kappa shape index (κ3) is 5.00. The fourth-order valence-electron chi connectivity index (χ4n) is 1.46. The van der Waals surface area contributed by atoms with Crippen molar-refractivity contribution in [3.63, 3.8) is 0 Å². The van der Waals surface area contributed by atoms with Gasteiger partial charge in [-0.1, -0.05) is 6.07 Å². The van der Waals surface area contributed by atoms with Gasteiger partial charge in [0.2, 0.25) is 5.91 Å². The van der Waals surface area contributed by atoms with Gasteiger partial charge in [0.25, 0.3) is 0 Å². The molecule has 100 valence electrons. The molecule has 0 aliphatic rings. The molecule has 0 aliphatic carbocycles. The van der Waals surface area contributed by atoms with Gasteiger partial charge >= 0.3 is 0 Å². The van der Waals surface area contributed by atoms with Crippen molar-refractivity contribution in [1.82, 2.24) is 9.97 Å². The second-order valence-corrected chi connectivity index (χ2v) is 6.09. The Morgan fingerprint density at radius 1 is 1.47 bits per heavy atom. The third-order valence-corrected chi connectivity index (χ3v) is 4.14. The summed E-state index contributed by atoms with van der Waals surface area (Å²) in [5.41, 5.74) is 1.10. The lowest BCUT2D eigenvalue weighted by Gasteiger charge is -2.03.